The first-order valence-corrected chi connectivity index (χ1v) is 7.35. The van der Waals surface area contributed by atoms with Crippen molar-refractivity contribution < 1.29 is 9.18 Å². The van der Waals surface area contributed by atoms with Gasteiger partial charge < -0.3 is 11.1 Å². The second-order valence-electron chi connectivity index (χ2n) is 5.52. The number of benzene rings is 1. The van der Waals surface area contributed by atoms with Gasteiger partial charge in [0, 0.05) is 12.5 Å². The summed E-state index contributed by atoms with van der Waals surface area (Å²) in [5, 5.41) is 2.99. The van der Waals surface area contributed by atoms with E-state index in [-0.39, 0.29) is 28.9 Å². The van der Waals surface area contributed by atoms with E-state index in [1.54, 1.807) is 12.1 Å². The standard InChI is InChI=1S/C15H20ClFN2O/c1-9(10-5-6-13(17)12(16)7-10)19-15(20)8-11-3-2-4-14(11)18/h5-7,9,11,14H,2-4,8,18H2,1H3,(H,19,20)/t9?,11-,14+/m0/s1. The van der Waals surface area contributed by atoms with Crippen molar-refractivity contribution in [3.63, 3.8) is 0 Å². The van der Waals surface area contributed by atoms with E-state index in [0.29, 0.717) is 6.42 Å². The summed E-state index contributed by atoms with van der Waals surface area (Å²) >= 11 is 5.75. The number of nitrogens with one attached hydrogen (secondary N) is 1. The third-order valence-electron chi connectivity index (χ3n) is 3.99. The Labute approximate surface area is 123 Å². The van der Waals surface area contributed by atoms with Gasteiger partial charge in [-0.3, -0.25) is 4.79 Å². The molecule has 0 heterocycles. The topological polar surface area (TPSA) is 55.1 Å². The normalized spacial score (nSPS) is 23.6. The quantitative estimate of drug-likeness (QED) is 0.897. The highest BCUT2D eigenvalue weighted by atomic mass is 35.5. The van der Waals surface area contributed by atoms with Crippen LogP contribution in [0.25, 0.3) is 0 Å². The summed E-state index contributed by atoms with van der Waals surface area (Å²) in [6.07, 6.45) is 3.58. The van der Waals surface area contributed by atoms with Crippen molar-refractivity contribution in [3.8, 4) is 0 Å². The molecule has 5 heteroatoms. The van der Waals surface area contributed by atoms with Gasteiger partial charge >= 0.3 is 0 Å². The summed E-state index contributed by atoms with van der Waals surface area (Å²) in [6.45, 7) is 1.86. The van der Waals surface area contributed by atoms with Crippen LogP contribution in [0.3, 0.4) is 0 Å². The highest BCUT2D eigenvalue weighted by Gasteiger charge is 2.26. The second kappa shape index (κ2) is 6.55. The zero-order chi connectivity index (χ0) is 14.7. The van der Waals surface area contributed by atoms with Crippen LogP contribution in [0, 0.1) is 11.7 Å². The first-order valence-electron chi connectivity index (χ1n) is 6.97. The number of nitrogens with two attached hydrogens (primary N) is 1. The maximum atomic E-state index is 13.1. The van der Waals surface area contributed by atoms with E-state index >= 15 is 0 Å². The predicted octanol–water partition coefficient (Wildman–Crippen LogP) is 3.17. The van der Waals surface area contributed by atoms with Crippen LogP contribution < -0.4 is 11.1 Å². The molecule has 3 N–H and O–H groups in total. The number of carbonyl (C=O) groups excluding carboxylic acids is 1. The fourth-order valence-electron chi connectivity index (χ4n) is 2.72. The molecule has 1 aliphatic rings. The van der Waals surface area contributed by atoms with Crippen LogP contribution in [0.2, 0.25) is 5.02 Å². The van der Waals surface area contributed by atoms with E-state index in [4.69, 9.17) is 17.3 Å². The van der Waals surface area contributed by atoms with Gasteiger partial charge in [-0.15, -0.1) is 0 Å². The zero-order valence-electron chi connectivity index (χ0n) is 11.5. The Morgan fingerprint density at radius 1 is 1.55 bits per heavy atom. The minimum atomic E-state index is -0.453. The van der Waals surface area contributed by atoms with Gasteiger partial charge in [0.1, 0.15) is 5.82 Å². The lowest BCUT2D eigenvalue weighted by molar-refractivity contribution is -0.122. The molecule has 0 aromatic heterocycles. The van der Waals surface area contributed by atoms with Crippen LogP contribution in [0.4, 0.5) is 4.39 Å². The first kappa shape index (κ1) is 15.3. The van der Waals surface area contributed by atoms with Crippen molar-refractivity contribution in [2.24, 2.45) is 11.7 Å². The highest BCUT2D eigenvalue weighted by molar-refractivity contribution is 6.30. The molecule has 3 nitrogen and oxygen atoms in total. The Balaban J connectivity index is 1.91. The molecule has 1 aromatic carbocycles. The molecule has 1 fully saturated rings. The van der Waals surface area contributed by atoms with Crippen molar-refractivity contribution >= 4 is 17.5 Å². The first-order chi connectivity index (χ1) is 9.47. The zero-order valence-corrected chi connectivity index (χ0v) is 12.3. The number of halogens is 2. The van der Waals surface area contributed by atoms with E-state index in [1.165, 1.54) is 6.07 Å². The Kier molecular flexibility index (Phi) is 5.00. The number of hydrogen-bond donors (Lipinski definition) is 2. The number of hydrogen-bond acceptors (Lipinski definition) is 2. The molecule has 3 atom stereocenters. The Bertz CT molecular complexity index is 495. The molecular formula is C15H20ClFN2O. The van der Waals surface area contributed by atoms with Gasteiger partial charge in [-0.25, -0.2) is 4.39 Å². The third kappa shape index (κ3) is 3.70. The van der Waals surface area contributed by atoms with Crippen molar-refractivity contribution in [2.45, 2.75) is 44.7 Å². The number of carbonyl (C=O) groups is 1. The van der Waals surface area contributed by atoms with E-state index in [1.807, 2.05) is 6.92 Å². The Morgan fingerprint density at radius 3 is 2.90 bits per heavy atom. The summed E-state index contributed by atoms with van der Waals surface area (Å²) in [6, 6.07) is 4.43. The number of amides is 1. The lowest BCUT2D eigenvalue weighted by Crippen LogP contribution is -2.32. The van der Waals surface area contributed by atoms with Gasteiger partial charge in [0.05, 0.1) is 11.1 Å². The van der Waals surface area contributed by atoms with Crippen molar-refractivity contribution in [1.29, 1.82) is 0 Å². The summed E-state index contributed by atoms with van der Waals surface area (Å²) < 4.78 is 13.1. The lowest BCUT2D eigenvalue weighted by Gasteiger charge is -2.18. The molecule has 1 saturated carbocycles. The van der Waals surface area contributed by atoms with Crippen LogP contribution in [0.5, 0.6) is 0 Å². The maximum absolute atomic E-state index is 13.1. The molecular weight excluding hydrogens is 279 g/mol. The Morgan fingerprint density at radius 2 is 2.30 bits per heavy atom. The van der Waals surface area contributed by atoms with Gasteiger partial charge in [-0.1, -0.05) is 24.1 Å². The molecule has 110 valence electrons. The van der Waals surface area contributed by atoms with Crippen LogP contribution in [-0.4, -0.2) is 11.9 Å². The van der Waals surface area contributed by atoms with Gasteiger partial charge in [0.25, 0.3) is 0 Å². The van der Waals surface area contributed by atoms with Gasteiger partial charge in [-0.05, 0) is 43.4 Å². The van der Waals surface area contributed by atoms with Crippen molar-refractivity contribution in [3.05, 3.63) is 34.6 Å². The van der Waals surface area contributed by atoms with Crippen molar-refractivity contribution in [1.82, 2.24) is 5.32 Å². The molecule has 1 aromatic rings. The summed E-state index contributed by atoms with van der Waals surface area (Å²) in [4.78, 5) is 12.0. The molecule has 0 radical (unpaired) electrons. The third-order valence-corrected chi connectivity index (χ3v) is 4.28. The minimum absolute atomic E-state index is 0.0136. The fourth-order valence-corrected chi connectivity index (χ4v) is 2.91. The average molecular weight is 299 g/mol. The summed E-state index contributed by atoms with van der Waals surface area (Å²) in [5.41, 5.74) is 6.76. The molecule has 1 unspecified atom stereocenters. The average Bonchev–Trinajstić information content (AvgIpc) is 2.78. The monoisotopic (exact) mass is 298 g/mol. The smallest absolute Gasteiger partial charge is 0.220 e. The molecule has 2 rings (SSSR count). The van der Waals surface area contributed by atoms with E-state index in [0.717, 1.165) is 24.8 Å². The van der Waals surface area contributed by atoms with E-state index in [9.17, 15) is 9.18 Å². The van der Waals surface area contributed by atoms with Gasteiger partial charge in [0.2, 0.25) is 5.91 Å². The molecule has 0 spiro atoms. The molecule has 1 aliphatic carbocycles. The van der Waals surface area contributed by atoms with Crippen LogP contribution >= 0.6 is 11.6 Å². The molecule has 1 amide bonds. The maximum Gasteiger partial charge on any atom is 0.220 e. The summed E-state index contributed by atoms with van der Waals surface area (Å²) in [5.74, 6) is -0.190. The van der Waals surface area contributed by atoms with E-state index < -0.39 is 5.82 Å². The SMILES string of the molecule is CC(NC(=O)C[C@@H]1CCC[C@H]1N)c1ccc(F)c(Cl)c1. The molecule has 0 saturated heterocycles. The molecule has 0 bridgehead atoms. The second-order valence-corrected chi connectivity index (χ2v) is 5.93. The van der Waals surface area contributed by atoms with Gasteiger partial charge in [0.15, 0.2) is 0 Å². The van der Waals surface area contributed by atoms with Gasteiger partial charge in [-0.2, -0.15) is 0 Å². The summed E-state index contributed by atoms with van der Waals surface area (Å²) in [7, 11) is 0. The Hall–Kier alpha value is -1.13. The predicted molar refractivity (Wildman–Crippen MR) is 77.9 cm³/mol. The largest absolute Gasteiger partial charge is 0.350 e. The van der Waals surface area contributed by atoms with Crippen LogP contribution in [-0.2, 0) is 4.79 Å². The van der Waals surface area contributed by atoms with Crippen molar-refractivity contribution in [2.75, 3.05) is 0 Å². The van der Waals surface area contributed by atoms with E-state index in [2.05, 4.69) is 5.32 Å². The fraction of sp³-hybridized carbons (Fsp3) is 0.533. The molecule has 20 heavy (non-hydrogen) atoms. The molecule has 0 aliphatic heterocycles. The lowest BCUT2D eigenvalue weighted by atomic mass is 9.99. The number of rotatable bonds is 4. The minimum Gasteiger partial charge on any atom is -0.350 e. The highest BCUT2D eigenvalue weighted by Crippen LogP contribution is 2.27. The van der Waals surface area contributed by atoms with Crippen LogP contribution in [0.1, 0.15) is 44.2 Å². The van der Waals surface area contributed by atoms with Crippen LogP contribution in [0.15, 0.2) is 18.2 Å².